The number of anilines is 1. The molecule has 6 nitrogen and oxygen atoms in total. The maximum Gasteiger partial charge on any atom is 0.412 e. The van der Waals surface area contributed by atoms with Crippen molar-refractivity contribution in [2.75, 3.05) is 12.4 Å². The second kappa shape index (κ2) is 7.37. The van der Waals surface area contributed by atoms with Crippen molar-refractivity contribution in [3.63, 3.8) is 0 Å². The van der Waals surface area contributed by atoms with Gasteiger partial charge in [0.25, 0.3) is 0 Å². The highest BCUT2D eigenvalue weighted by atomic mass is 35.5. The van der Waals surface area contributed by atoms with Crippen LogP contribution in [-0.2, 0) is 9.47 Å². The lowest BCUT2D eigenvalue weighted by molar-refractivity contribution is 0.0598. The van der Waals surface area contributed by atoms with Crippen LogP contribution in [0.3, 0.4) is 0 Å². The summed E-state index contributed by atoms with van der Waals surface area (Å²) < 4.78 is 23.5. The van der Waals surface area contributed by atoms with E-state index in [2.05, 4.69) is 15.0 Å². The lowest BCUT2D eigenvalue weighted by Crippen LogP contribution is -2.27. The number of thiophene rings is 1. The second-order valence-corrected chi connectivity index (χ2v) is 7.62. The summed E-state index contributed by atoms with van der Waals surface area (Å²) in [5, 5.41) is 2.54. The number of esters is 1. The third-order valence-corrected chi connectivity index (χ3v) is 4.26. The molecule has 25 heavy (non-hydrogen) atoms. The van der Waals surface area contributed by atoms with E-state index in [1.807, 2.05) is 0 Å². The molecule has 0 aliphatic rings. The number of ether oxygens (including phenoxy) is 2. The van der Waals surface area contributed by atoms with Crippen molar-refractivity contribution in [1.82, 2.24) is 4.98 Å². The first-order valence-corrected chi connectivity index (χ1v) is 8.33. The first kappa shape index (κ1) is 19.1. The van der Waals surface area contributed by atoms with Crippen LogP contribution in [0, 0.1) is 5.95 Å². The number of hydrogen-bond donors (Lipinski definition) is 1. The van der Waals surface area contributed by atoms with E-state index in [1.54, 1.807) is 26.8 Å². The molecule has 9 heteroatoms. The van der Waals surface area contributed by atoms with E-state index in [0.29, 0.717) is 16.1 Å². The van der Waals surface area contributed by atoms with Crippen molar-refractivity contribution in [3.05, 3.63) is 34.2 Å². The van der Waals surface area contributed by atoms with Gasteiger partial charge in [-0.3, -0.25) is 5.32 Å². The van der Waals surface area contributed by atoms with E-state index in [4.69, 9.17) is 16.3 Å². The Hall–Kier alpha value is -2.19. The summed E-state index contributed by atoms with van der Waals surface area (Å²) in [6.45, 7) is 5.21. The normalized spacial score (nSPS) is 11.1. The van der Waals surface area contributed by atoms with Crippen molar-refractivity contribution in [3.8, 4) is 10.4 Å². The SMILES string of the molecule is COC(=O)c1cc(F)ncc1-c1cc(NC(=O)OC(C)(C)C)c(Cl)s1. The Kier molecular flexibility index (Phi) is 5.64. The summed E-state index contributed by atoms with van der Waals surface area (Å²) >= 11 is 7.25. The van der Waals surface area contributed by atoms with E-state index in [1.165, 1.54) is 13.3 Å². The van der Waals surface area contributed by atoms with E-state index in [9.17, 15) is 14.0 Å². The van der Waals surface area contributed by atoms with Gasteiger partial charge in [-0.05, 0) is 26.8 Å². The van der Waals surface area contributed by atoms with Crippen LogP contribution in [0.5, 0.6) is 0 Å². The van der Waals surface area contributed by atoms with Crippen LogP contribution in [0.25, 0.3) is 10.4 Å². The van der Waals surface area contributed by atoms with Crippen molar-refractivity contribution >= 4 is 40.7 Å². The molecule has 0 bridgehead atoms. The van der Waals surface area contributed by atoms with Gasteiger partial charge in [-0.2, -0.15) is 4.39 Å². The maximum absolute atomic E-state index is 13.4. The summed E-state index contributed by atoms with van der Waals surface area (Å²) in [5.74, 6) is -1.51. The van der Waals surface area contributed by atoms with Gasteiger partial charge in [0.1, 0.15) is 9.94 Å². The van der Waals surface area contributed by atoms with Crippen LogP contribution in [0.2, 0.25) is 4.34 Å². The van der Waals surface area contributed by atoms with Gasteiger partial charge in [0.2, 0.25) is 5.95 Å². The minimum absolute atomic E-state index is 0.0109. The molecule has 2 aromatic rings. The number of rotatable bonds is 3. The summed E-state index contributed by atoms with van der Waals surface area (Å²) in [4.78, 5) is 27.8. The number of carbonyl (C=O) groups is 2. The Bertz CT molecular complexity index is 817. The monoisotopic (exact) mass is 386 g/mol. The number of aromatic nitrogens is 1. The Morgan fingerprint density at radius 3 is 2.60 bits per heavy atom. The van der Waals surface area contributed by atoms with E-state index >= 15 is 0 Å². The number of hydrogen-bond acceptors (Lipinski definition) is 6. The molecule has 0 atom stereocenters. The average molecular weight is 387 g/mol. The first-order chi connectivity index (χ1) is 11.6. The minimum Gasteiger partial charge on any atom is -0.465 e. The molecular weight excluding hydrogens is 371 g/mol. The highest BCUT2D eigenvalue weighted by Crippen LogP contribution is 2.39. The molecule has 0 unspecified atom stereocenters. The average Bonchev–Trinajstić information content (AvgIpc) is 2.85. The zero-order chi connectivity index (χ0) is 18.8. The predicted octanol–water partition coefficient (Wildman–Crippen LogP) is 4.74. The first-order valence-electron chi connectivity index (χ1n) is 7.14. The summed E-state index contributed by atoms with van der Waals surface area (Å²) in [7, 11) is 1.20. The summed E-state index contributed by atoms with van der Waals surface area (Å²) in [6.07, 6.45) is 0.547. The van der Waals surface area contributed by atoms with Crippen LogP contribution < -0.4 is 5.32 Å². The topological polar surface area (TPSA) is 77.5 Å². The molecular formula is C16H16ClFN2O4S. The summed E-state index contributed by atoms with van der Waals surface area (Å²) in [5.41, 5.74) is 0.0131. The minimum atomic E-state index is -0.807. The molecule has 0 spiro atoms. The van der Waals surface area contributed by atoms with Gasteiger partial charge in [0.05, 0.1) is 18.4 Å². The molecule has 1 N–H and O–H groups in total. The maximum atomic E-state index is 13.4. The van der Waals surface area contributed by atoms with E-state index in [-0.39, 0.29) is 9.90 Å². The number of methoxy groups -OCH3 is 1. The Balaban J connectivity index is 2.34. The molecule has 2 heterocycles. The molecule has 0 radical (unpaired) electrons. The molecule has 2 rings (SSSR count). The van der Waals surface area contributed by atoms with E-state index in [0.717, 1.165) is 17.4 Å². The lowest BCUT2D eigenvalue weighted by atomic mass is 10.1. The summed E-state index contributed by atoms with van der Waals surface area (Å²) in [6, 6.07) is 2.54. The molecule has 0 saturated heterocycles. The van der Waals surface area contributed by atoms with Gasteiger partial charge >= 0.3 is 12.1 Å². The molecule has 0 aliphatic heterocycles. The predicted molar refractivity (Wildman–Crippen MR) is 93.7 cm³/mol. The number of halogens is 2. The number of pyridine rings is 1. The van der Waals surface area contributed by atoms with Crippen molar-refractivity contribution in [1.29, 1.82) is 0 Å². The van der Waals surface area contributed by atoms with Crippen molar-refractivity contribution in [2.24, 2.45) is 0 Å². The Morgan fingerprint density at radius 1 is 1.32 bits per heavy atom. The van der Waals surface area contributed by atoms with E-state index < -0.39 is 23.6 Å². The molecule has 134 valence electrons. The lowest BCUT2D eigenvalue weighted by Gasteiger charge is -2.19. The molecule has 2 aromatic heterocycles. The molecule has 0 saturated carbocycles. The van der Waals surface area contributed by atoms with Crippen molar-refractivity contribution < 1.29 is 23.5 Å². The van der Waals surface area contributed by atoms with Gasteiger partial charge in [-0.15, -0.1) is 11.3 Å². The number of nitrogens with zero attached hydrogens (tertiary/aromatic N) is 1. The Morgan fingerprint density at radius 2 is 2.00 bits per heavy atom. The molecule has 0 aromatic carbocycles. The third kappa shape index (κ3) is 4.90. The van der Waals surface area contributed by atoms with Gasteiger partial charge in [0, 0.05) is 22.7 Å². The number of nitrogens with one attached hydrogen (secondary N) is 1. The molecule has 0 fully saturated rings. The molecule has 1 amide bonds. The fraction of sp³-hybridized carbons (Fsp3) is 0.312. The second-order valence-electron chi connectivity index (χ2n) is 5.97. The fourth-order valence-corrected chi connectivity index (χ4v) is 3.12. The number of carbonyl (C=O) groups excluding carboxylic acids is 2. The third-order valence-electron chi connectivity index (χ3n) is 2.86. The standard InChI is InChI=1S/C16H16ClFN2O4S/c1-16(2,3)24-15(22)20-10-6-11(25-13(10)17)9-7-19-12(18)5-8(9)14(21)23-4/h5-7H,1-4H3,(H,20,22). The van der Waals surface area contributed by atoms with Gasteiger partial charge in [-0.1, -0.05) is 11.6 Å². The smallest absolute Gasteiger partial charge is 0.412 e. The highest BCUT2D eigenvalue weighted by Gasteiger charge is 2.21. The van der Waals surface area contributed by atoms with Gasteiger partial charge in [0.15, 0.2) is 0 Å². The highest BCUT2D eigenvalue weighted by molar-refractivity contribution is 7.20. The quantitative estimate of drug-likeness (QED) is 0.609. The molecule has 0 aliphatic carbocycles. The van der Waals surface area contributed by atoms with Gasteiger partial charge in [-0.25, -0.2) is 14.6 Å². The van der Waals surface area contributed by atoms with Crippen LogP contribution in [0.1, 0.15) is 31.1 Å². The van der Waals surface area contributed by atoms with Crippen LogP contribution in [-0.4, -0.2) is 29.8 Å². The van der Waals surface area contributed by atoms with Gasteiger partial charge < -0.3 is 9.47 Å². The Labute approximate surface area is 152 Å². The zero-order valence-electron chi connectivity index (χ0n) is 14.0. The fourth-order valence-electron chi connectivity index (χ4n) is 1.91. The van der Waals surface area contributed by atoms with Crippen LogP contribution in [0.4, 0.5) is 14.9 Å². The largest absolute Gasteiger partial charge is 0.465 e. The van der Waals surface area contributed by atoms with Crippen LogP contribution in [0.15, 0.2) is 18.3 Å². The number of amides is 1. The van der Waals surface area contributed by atoms with Crippen LogP contribution >= 0.6 is 22.9 Å². The van der Waals surface area contributed by atoms with Crippen molar-refractivity contribution in [2.45, 2.75) is 26.4 Å². The zero-order valence-corrected chi connectivity index (χ0v) is 15.5.